The van der Waals surface area contributed by atoms with Crippen LogP contribution in [0.25, 0.3) is 16.3 Å². The minimum Gasteiger partial charge on any atom is -0.497 e. The van der Waals surface area contributed by atoms with Crippen LogP contribution in [0.2, 0.25) is 0 Å². The Morgan fingerprint density at radius 3 is 2.69 bits per heavy atom. The summed E-state index contributed by atoms with van der Waals surface area (Å²) in [6, 6.07) is 11.6. The molecule has 1 aliphatic rings. The number of allylic oxidation sites excluding steroid dienone is 2. The van der Waals surface area contributed by atoms with Crippen LogP contribution in [0.15, 0.2) is 53.9 Å². The number of nitrogens with one attached hydrogen (secondary N) is 1. The van der Waals surface area contributed by atoms with Gasteiger partial charge in [0, 0.05) is 18.2 Å². The first-order chi connectivity index (χ1) is 12.6. The second kappa shape index (κ2) is 6.72. The Morgan fingerprint density at radius 2 is 1.88 bits per heavy atom. The standard InChI is InChI=1S/C20H18N2O3S/c1-12(8-19-21-15-10-13(23-2)4-6-17(15)25-19)9-20-22-16-11-14(24-3)5-7-18(16)26-20/h4-11,21H,1-3H3. The molecular formula is C20H18N2O3S. The molecule has 1 N–H and O–H groups in total. The number of aromatic nitrogens is 1. The van der Waals surface area contributed by atoms with Gasteiger partial charge in [0.25, 0.3) is 0 Å². The van der Waals surface area contributed by atoms with E-state index in [1.807, 2.05) is 55.5 Å². The van der Waals surface area contributed by atoms with Gasteiger partial charge in [-0.3, -0.25) is 0 Å². The molecule has 132 valence electrons. The Bertz CT molecular complexity index is 1040. The van der Waals surface area contributed by atoms with Crippen molar-refractivity contribution in [3.63, 3.8) is 0 Å². The Labute approximate surface area is 155 Å². The Hall–Kier alpha value is -2.99. The van der Waals surface area contributed by atoms with Gasteiger partial charge in [0.05, 0.1) is 30.1 Å². The first-order valence-corrected chi connectivity index (χ1v) is 8.94. The highest BCUT2D eigenvalue weighted by atomic mass is 32.1. The number of rotatable bonds is 4. The first-order valence-electron chi connectivity index (χ1n) is 8.12. The van der Waals surface area contributed by atoms with Gasteiger partial charge < -0.3 is 19.5 Å². The summed E-state index contributed by atoms with van der Waals surface area (Å²) in [5, 5.41) is 4.20. The molecule has 0 unspecified atom stereocenters. The molecule has 2 aromatic carbocycles. The summed E-state index contributed by atoms with van der Waals surface area (Å²) >= 11 is 1.64. The number of fused-ring (bicyclic) bond motifs is 2. The number of nitrogens with zero attached hydrogens (tertiary/aromatic N) is 1. The molecule has 0 atom stereocenters. The van der Waals surface area contributed by atoms with E-state index in [2.05, 4.69) is 10.3 Å². The highest BCUT2D eigenvalue weighted by Gasteiger charge is 2.17. The van der Waals surface area contributed by atoms with Gasteiger partial charge in [0.1, 0.15) is 16.5 Å². The van der Waals surface area contributed by atoms with Crippen molar-refractivity contribution in [1.29, 1.82) is 0 Å². The van der Waals surface area contributed by atoms with Gasteiger partial charge in [-0.2, -0.15) is 0 Å². The highest BCUT2D eigenvalue weighted by molar-refractivity contribution is 7.19. The molecule has 1 aliphatic heterocycles. The fraction of sp³-hybridized carbons (Fsp3) is 0.150. The predicted molar refractivity (Wildman–Crippen MR) is 105 cm³/mol. The van der Waals surface area contributed by atoms with Crippen LogP contribution in [-0.4, -0.2) is 19.2 Å². The van der Waals surface area contributed by atoms with Gasteiger partial charge in [0.15, 0.2) is 11.6 Å². The summed E-state index contributed by atoms with van der Waals surface area (Å²) in [6.45, 7) is 2.02. The number of methoxy groups -OCH3 is 2. The van der Waals surface area contributed by atoms with Crippen LogP contribution in [0.1, 0.15) is 11.9 Å². The van der Waals surface area contributed by atoms with Gasteiger partial charge in [0.2, 0.25) is 0 Å². The minimum absolute atomic E-state index is 0.685. The van der Waals surface area contributed by atoms with Gasteiger partial charge in [-0.25, -0.2) is 4.98 Å². The zero-order chi connectivity index (χ0) is 18.1. The second-order valence-electron chi connectivity index (χ2n) is 5.87. The van der Waals surface area contributed by atoms with Gasteiger partial charge >= 0.3 is 0 Å². The normalized spacial score (nSPS) is 14.9. The number of thiazole rings is 1. The Balaban J connectivity index is 1.56. The summed E-state index contributed by atoms with van der Waals surface area (Å²) in [4.78, 5) is 4.65. The lowest BCUT2D eigenvalue weighted by Gasteiger charge is -2.00. The molecule has 0 aliphatic carbocycles. The fourth-order valence-corrected chi connectivity index (χ4v) is 3.68. The van der Waals surface area contributed by atoms with E-state index in [9.17, 15) is 0 Å². The molecule has 2 heterocycles. The number of hydrogen-bond donors (Lipinski definition) is 1. The lowest BCUT2D eigenvalue weighted by molar-refractivity contribution is 0.413. The molecule has 4 rings (SSSR count). The monoisotopic (exact) mass is 366 g/mol. The maximum atomic E-state index is 5.82. The molecule has 6 heteroatoms. The largest absolute Gasteiger partial charge is 0.497 e. The van der Waals surface area contributed by atoms with Gasteiger partial charge in [-0.15, -0.1) is 11.3 Å². The van der Waals surface area contributed by atoms with E-state index in [1.54, 1.807) is 25.6 Å². The third kappa shape index (κ3) is 3.23. The predicted octanol–water partition coefficient (Wildman–Crippen LogP) is 5.06. The lowest BCUT2D eigenvalue weighted by Crippen LogP contribution is -1.96. The van der Waals surface area contributed by atoms with Crippen LogP contribution in [-0.2, 0) is 0 Å². The van der Waals surface area contributed by atoms with Gasteiger partial charge in [-0.1, -0.05) is 0 Å². The molecule has 0 saturated carbocycles. The number of anilines is 1. The third-order valence-corrected chi connectivity index (χ3v) is 4.97. The van der Waals surface area contributed by atoms with E-state index in [-0.39, 0.29) is 0 Å². The quantitative estimate of drug-likeness (QED) is 0.699. The van der Waals surface area contributed by atoms with E-state index >= 15 is 0 Å². The lowest BCUT2D eigenvalue weighted by atomic mass is 10.2. The van der Waals surface area contributed by atoms with E-state index in [0.717, 1.165) is 43.7 Å². The molecule has 1 aromatic heterocycles. The van der Waals surface area contributed by atoms with Crippen molar-refractivity contribution in [3.05, 3.63) is 58.9 Å². The molecule has 5 nitrogen and oxygen atoms in total. The summed E-state index contributed by atoms with van der Waals surface area (Å²) in [5.41, 5.74) is 2.88. The molecule has 0 fully saturated rings. The van der Waals surface area contributed by atoms with Crippen molar-refractivity contribution < 1.29 is 14.2 Å². The molecule has 3 aromatic rings. The van der Waals surface area contributed by atoms with Crippen LogP contribution in [0.5, 0.6) is 17.2 Å². The van der Waals surface area contributed by atoms with Crippen LogP contribution in [0.4, 0.5) is 5.69 Å². The fourth-order valence-electron chi connectivity index (χ4n) is 2.72. The van der Waals surface area contributed by atoms with E-state index in [0.29, 0.717) is 5.88 Å². The number of hydrogen-bond acceptors (Lipinski definition) is 6. The van der Waals surface area contributed by atoms with Crippen molar-refractivity contribution in [2.45, 2.75) is 6.92 Å². The Morgan fingerprint density at radius 1 is 1.12 bits per heavy atom. The van der Waals surface area contributed by atoms with E-state index in [1.165, 1.54) is 0 Å². The molecular weight excluding hydrogens is 348 g/mol. The van der Waals surface area contributed by atoms with Crippen molar-refractivity contribution in [2.24, 2.45) is 0 Å². The summed E-state index contributed by atoms with van der Waals surface area (Å²) in [6.07, 6.45) is 4.00. The van der Waals surface area contributed by atoms with Crippen LogP contribution < -0.4 is 19.5 Å². The van der Waals surface area contributed by atoms with Crippen molar-refractivity contribution in [3.8, 4) is 17.2 Å². The SMILES string of the molecule is COc1ccc2c(c1)NC(=CC(C)=Cc1nc3cc(OC)ccc3s1)O2. The molecule has 26 heavy (non-hydrogen) atoms. The third-order valence-electron chi connectivity index (χ3n) is 3.99. The zero-order valence-electron chi connectivity index (χ0n) is 14.7. The van der Waals surface area contributed by atoms with Crippen LogP contribution in [0.3, 0.4) is 0 Å². The molecule has 0 amide bonds. The molecule has 0 radical (unpaired) electrons. The minimum atomic E-state index is 0.685. The maximum Gasteiger partial charge on any atom is 0.198 e. The number of ether oxygens (including phenoxy) is 3. The first kappa shape index (κ1) is 16.5. The van der Waals surface area contributed by atoms with Crippen molar-refractivity contribution >= 4 is 33.3 Å². The van der Waals surface area contributed by atoms with Crippen molar-refractivity contribution in [1.82, 2.24) is 4.98 Å². The smallest absolute Gasteiger partial charge is 0.198 e. The van der Waals surface area contributed by atoms with E-state index < -0.39 is 0 Å². The van der Waals surface area contributed by atoms with Crippen LogP contribution in [0, 0.1) is 0 Å². The molecule has 0 bridgehead atoms. The van der Waals surface area contributed by atoms with Gasteiger partial charge in [-0.05, 0) is 42.8 Å². The average molecular weight is 366 g/mol. The second-order valence-corrected chi connectivity index (χ2v) is 6.93. The maximum absolute atomic E-state index is 5.82. The van der Waals surface area contributed by atoms with Crippen LogP contribution >= 0.6 is 11.3 Å². The summed E-state index contributed by atoms with van der Waals surface area (Å²) in [5.74, 6) is 3.08. The average Bonchev–Trinajstić information content (AvgIpc) is 3.22. The highest BCUT2D eigenvalue weighted by Crippen LogP contribution is 2.36. The topological polar surface area (TPSA) is 52.6 Å². The summed E-state index contributed by atoms with van der Waals surface area (Å²) in [7, 11) is 3.31. The molecule has 0 spiro atoms. The number of benzene rings is 2. The summed E-state index contributed by atoms with van der Waals surface area (Å²) < 4.78 is 17.4. The zero-order valence-corrected chi connectivity index (χ0v) is 15.5. The Kier molecular flexibility index (Phi) is 4.26. The molecule has 0 saturated heterocycles. The van der Waals surface area contributed by atoms with Crippen molar-refractivity contribution in [2.75, 3.05) is 19.5 Å². The van der Waals surface area contributed by atoms with E-state index in [4.69, 9.17) is 14.2 Å².